The number of ether oxygens (including phenoxy) is 2. The predicted octanol–water partition coefficient (Wildman–Crippen LogP) is 4.58. The van der Waals surface area contributed by atoms with Gasteiger partial charge in [0.05, 0.1) is 18.7 Å². The van der Waals surface area contributed by atoms with Crippen LogP contribution >= 0.6 is 0 Å². The molecular formula is C24H32N2O8. The SMILES string of the molecule is CC(C)(C)OC(=O)N(Cc1cccc(C2=C(C(=O)O)CN(C(=O)O)CC2)c1)C(=O)OC(C)(C)C. The van der Waals surface area contributed by atoms with Crippen molar-refractivity contribution in [3.63, 3.8) is 0 Å². The number of aliphatic carboxylic acids is 1. The van der Waals surface area contributed by atoms with E-state index in [4.69, 9.17) is 9.47 Å². The van der Waals surface area contributed by atoms with Crippen LogP contribution in [0.5, 0.6) is 0 Å². The Morgan fingerprint density at radius 1 is 0.971 bits per heavy atom. The molecule has 1 heterocycles. The summed E-state index contributed by atoms with van der Waals surface area (Å²) in [6.45, 7) is 9.87. The van der Waals surface area contributed by atoms with E-state index in [1.165, 1.54) is 0 Å². The molecule has 0 saturated carbocycles. The smallest absolute Gasteiger partial charge is 0.420 e. The van der Waals surface area contributed by atoms with E-state index in [1.807, 2.05) is 0 Å². The summed E-state index contributed by atoms with van der Waals surface area (Å²) in [5.41, 5.74) is -0.0490. The number of nitrogens with zero attached hydrogens (tertiary/aromatic N) is 2. The average Bonchev–Trinajstić information content (AvgIpc) is 2.69. The number of carboxylic acids is 1. The van der Waals surface area contributed by atoms with E-state index in [9.17, 15) is 29.4 Å². The summed E-state index contributed by atoms with van der Waals surface area (Å²) in [4.78, 5) is 50.5. The zero-order chi connectivity index (χ0) is 25.8. The number of benzene rings is 1. The van der Waals surface area contributed by atoms with Crippen molar-refractivity contribution >= 4 is 29.8 Å². The lowest BCUT2D eigenvalue weighted by Gasteiger charge is -2.29. The zero-order valence-electron chi connectivity index (χ0n) is 20.4. The maximum Gasteiger partial charge on any atom is 0.420 e. The maximum atomic E-state index is 12.8. The third-order valence-electron chi connectivity index (χ3n) is 4.72. The Morgan fingerprint density at radius 3 is 2.00 bits per heavy atom. The van der Waals surface area contributed by atoms with Crippen LogP contribution in [0.1, 0.15) is 59.1 Å². The first-order valence-electron chi connectivity index (χ1n) is 10.8. The summed E-state index contributed by atoms with van der Waals surface area (Å²) in [7, 11) is 0. The van der Waals surface area contributed by atoms with E-state index in [2.05, 4.69) is 0 Å². The van der Waals surface area contributed by atoms with Gasteiger partial charge in [0.25, 0.3) is 0 Å². The van der Waals surface area contributed by atoms with Gasteiger partial charge in [-0.2, -0.15) is 0 Å². The molecule has 0 aromatic heterocycles. The summed E-state index contributed by atoms with van der Waals surface area (Å²) in [6, 6.07) is 6.77. The largest absolute Gasteiger partial charge is 0.478 e. The first kappa shape index (κ1) is 26.7. The van der Waals surface area contributed by atoms with E-state index < -0.39 is 35.5 Å². The summed E-state index contributed by atoms with van der Waals surface area (Å²) in [5, 5.41) is 18.9. The molecule has 0 radical (unpaired) electrons. The molecule has 3 amide bonds. The lowest BCUT2D eigenvalue weighted by atomic mass is 9.92. The Balaban J connectivity index is 2.40. The van der Waals surface area contributed by atoms with Gasteiger partial charge in [-0.3, -0.25) is 0 Å². The number of hydrogen-bond donors (Lipinski definition) is 2. The van der Waals surface area contributed by atoms with Gasteiger partial charge in [0, 0.05) is 6.54 Å². The van der Waals surface area contributed by atoms with Crippen LogP contribution < -0.4 is 0 Å². The molecule has 10 heteroatoms. The minimum atomic E-state index is -1.20. The fourth-order valence-electron chi connectivity index (χ4n) is 3.32. The Kier molecular flexibility index (Phi) is 7.97. The molecule has 34 heavy (non-hydrogen) atoms. The molecule has 0 bridgehead atoms. The fraction of sp³-hybridized carbons (Fsp3) is 0.500. The van der Waals surface area contributed by atoms with Gasteiger partial charge in [0.1, 0.15) is 11.2 Å². The van der Waals surface area contributed by atoms with E-state index in [0.717, 1.165) is 9.80 Å². The van der Waals surface area contributed by atoms with Gasteiger partial charge in [0.2, 0.25) is 0 Å². The molecule has 1 aromatic carbocycles. The lowest BCUT2D eigenvalue weighted by molar-refractivity contribution is -0.132. The molecule has 0 saturated heterocycles. The third kappa shape index (κ3) is 7.50. The molecule has 186 valence electrons. The molecule has 1 aliphatic heterocycles. The van der Waals surface area contributed by atoms with Crippen LogP contribution in [0.4, 0.5) is 14.4 Å². The van der Waals surface area contributed by atoms with E-state index in [-0.39, 0.29) is 31.6 Å². The van der Waals surface area contributed by atoms with Crippen molar-refractivity contribution in [1.82, 2.24) is 9.80 Å². The highest BCUT2D eigenvalue weighted by Gasteiger charge is 2.32. The van der Waals surface area contributed by atoms with Crippen molar-refractivity contribution in [2.75, 3.05) is 13.1 Å². The monoisotopic (exact) mass is 476 g/mol. The molecule has 0 fully saturated rings. The number of hydrogen-bond acceptors (Lipinski definition) is 6. The molecule has 2 N–H and O–H groups in total. The number of imide groups is 1. The van der Waals surface area contributed by atoms with Crippen molar-refractivity contribution in [2.45, 2.75) is 65.7 Å². The minimum Gasteiger partial charge on any atom is -0.478 e. The van der Waals surface area contributed by atoms with Gasteiger partial charge in [-0.1, -0.05) is 18.2 Å². The molecule has 0 aliphatic carbocycles. The Bertz CT molecular complexity index is 973. The molecule has 0 spiro atoms. The van der Waals surface area contributed by atoms with Crippen molar-refractivity contribution < 1.29 is 38.9 Å². The lowest BCUT2D eigenvalue weighted by Crippen LogP contribution is -2.43. The van der Waals surface area contributed by atoms with Crippen LogP contribution in [0.25, 0.3) is 5.57 Å². The van der Waals surface area contributed by atoms with Crippen LogP contribution in [0.15, 0.2) is 29.8 Å². The van der Waals surface area contributed by atoms with E-state index >= 15 is 0 Å². The summed E-state index contributed by atoms with van der Waals surface area (Å²) < 4.78 is 10.8. The van der Waals surface area contributed by atoms with Gasteiger partial charge < -0.3 is 24.6 Å². The number of rotatable bonds is 4. The number of carbonyl (C=O) groups excluding carboxylic acids is 2. The van der Waals surface area contributed by atoms with Crippen molar-refractivity contribution in [3.8, 4) is 0 Å². The third-order valence-corrected chi connectivity index (χ3v) is 4.72. The number of carbonyl (C=O) groups is 4. The normalized spacial score (nSPS) is 14.5. The van der Waals surface area contributed by atoms with Crippen LogP contribution in [-0.4, -0.2) is 68.6 Å². The minimum absolute atomic E-state index is 0.0121. The second-order valence-corrected chi connectivity index (χ2v) is 9.96. The highest BCUT2D eigenvalue weighted by atomic mass is 16.6. The first-order chi connectivity index (χ1) is 15.6. The van der Waals surface area contributed by atoms with Crippen molar-refractivity contribution in [3.05, 3.63) is 41.0 Å². The molecular weight excluding hydrogens is 444 g/mol. The molecule has 0 unspecified atom stereocenters. The molecule has 1 aromatic rings. The summed E-state index contributed by atoms with van der Waals surface area (Å²) in [5.74, 6) is -1.20. The standard InChI is InChI=1S/C24H32N2O8/c1-23(2,3)33-21(31)26(22(32)34-24(4,5)6)13-15-8-7-9-16(12-15)17-10-11-25(20(29)30)14-18(17)19(27)28/h7-9,12H,10-11,13-14H2,1-6H3,(H,27,28)(H,29,30). The zero-order valence-corrected chi connectivity index (χ0v) is 20.4. The molecule has 2 rings (SSSR count). The number of carboxylic acid groups (broad SMARTS) is 2. The second-order valence-electron chi connectivity index (χ2n) is 9.96. The van der Waals surface area contributed by atoms with Gasteiger partial charge in [0.15, 0.2) is 0 Å². The molecule has 10 nitrogen and oxygen atoms in total. The highest BCUT2D eigenvalue weighted by molar-refractivity contribution is 5.98. The Hall–Kier alpha value is -3.56. The fourth-order valence-corrected chi connectivity index (χ4v) is 3.32. The van der Waals surface area contributed by atoms with Crippen molar-refractivity contribution in [1.29, 1.82) is 0 Å². The van der Waals surface area contributed by atoms with Crippen molar-refractivity contribution in [2.24, 2.45) is 0 Å². The molecule has 1 aliphatic rings. The first-order valence-corrected chi connectivity index (χ1v) is 10.8. The molecule has 0 atom stereocenters. The summed E-state index contributed by atoms with van der Waals surface area (Å²) in [6.07, 6.45) is -2.70. The summed E-state index contributed by atoms with van der Waals surface area (Å²) >= 11 is 0. The Labute approximate surface area is 198 Å². The maximum absolute atomic E-state index is 12.8. The van der Waals surface area contributed by atoms with Gasteiger partial charge in [-0.15, -0.1) is 0 Å². The highest BCUT2D eigenvalue weighted by Crippen LogP contribution is 2.29. The second kappa shape index (κ2) is 10.1. The Morgan fingerprint density at radius 2 is 1.53 bits per heavy atom. The van der Waals surface area contributed by atoms with Crippen LogP contribution in [0, 0.1) is 0 Å². The van der Waals surface area contributed by atoms with Gasteiger partial charge in [-0.25, -0.2) is 24.1 Å². The quantitative estimate of drug-likeness (QED) is 0.645. The topological polar surface area (TPSA) is 134 Å². The van der Waals surface area contributed by atoms with Crippen LogP contribution in [0.3, 0.4) is 0 Å². The number of amides is 3. The van der Waals surface area contributed by atoms with E-state index in [1.54, 1.807) is 65.8 Å². The van der Waals surface area contributed by atoms with Gasteiger partial charge in [-0.05, 0) is 70.7 Å². The van der Waals surface area contributed by atoms with Gasteiger partial charge >= 0.3 is 24.2 Å². The van der Waals surface area contributed by atoms with Crippen LogP contribution in [-0.2, 0) is 20.8 Å². The predicted molar refractivity (Wildman–Crippen MR) is 123 cm³/mol. The van der Waals surface area contributed by atoms with E-state index in [0.29, 0.717) is 16.7 Å². The van der Waals surface area contributed by atoms with Crippen LogP contribution in [0.2, 0.25) is 0 Å². The average molecular weight is 477 g/mol.